The Labute approximate surface area is 135 Å². The second-order valence-electron chi connectivity index (χ2n) is 5.62. The SMILES string of the molecule is CN(C)S(=O)(=O)c1cccc(-c2nnc(C3CCCCO3)o2)c1. The van der Waals surface area contributed by atoms with Crippen molar-refractivity contribution in [1.29, 1.82) is 0 Å². The van der Waals surface area contributed by atoms with Gasteiger partial charge < -0.3 is 9.15 Å². The van der Waals surface area contributed by atoms with E-state index in [1.807, 2.05) is 0 Å². The summed E-state index contributed by atoms with van der Waals surface area (Å²) >= 11 is 0. The highest BCUT2D eigenvalue weighted by Gasteiger charge is 2.23. The van der Waals surface area contributed by atoms with Crippen molar-refractivity contribution < 1.29 is 17.6 Å². The Hall–Kier alpha value is -1.77. The van der Waals surface area contributed by atoms with Gasteiger partial charge in [-0.3, -0.25) is 0 Å². The van der Waals surface area contributed by atoms with E-state index in [9.17, 15) is 8.42 Å². The molecule has 0 spiro atoms. The zero-order chi connectivity index (χ0) is 16.4. The molecule has 0 amide bonds. The second kappa shape index (κ2) is 6.38. The van der Waals surface area contributed by atoms with Gasteiger partial charge >= 0.3 is 0 Å². The molecule has 1 fully saturated rings. The average molecular weight is 337 g/mol. The first-order valence-corrected chi connectivity index (χ1v) is 8.90. The van der Waals surface area contributed by atoms with Crippen LogP contribution in [0.5, 0.6) is 0 Å². The van der Waals surface area contributed by atoms with Gasteiger partial charge in [-0.2, -0.15) is 0 Å². The minimum atomic E-state index is -3.50. The minimum absolute atomic E-state index is 0.168. The minimum Gasteiger partial charge on any atom is -0.418 e. The average Bonchev–Trinajstić information content (AvgIpc) is 3.06. The zero-order valence-electron chi connectivity index (χ0n) is 13.1. The molecule has 2 heterocycles. The van der Waals surface area contributed by atoms with E-state index in [2.05, 4.69) is 10.2 Å². The van der Waals surface area contributed by atoms with E-state index in [1.54, 1.807) is 18.2 Å². The number of benzene rings is 1. The summed E-state index contributed by atoms with van der Waals surface area (Å²) in [5.74, 6) is 0.741. The number of aromatic nitrogens is 2. The van der Waals surface area contributed by atoms with E-state index < -0.39 is 10.0 Å². The van der Waals surface area contributed by atoms with Gasteiger partial charge in [0.15, 0.2) is 0 Å². The molecule has 1 aliphatic heterocycles. The molecule has 1 aromatic heterocycles. The summed E-state index contributed by atoms with van der Waals surface area (Å²) in [5.41, 5.74) is 0.572. The molecule has 0 saturated carbocycles. The van der Waals surface area contributed by atoms with Crippen molar-refractivity contribution in [2.24, 2.45) is 0 Å². The fraction of sp³-hybridized carbons (Fsp3) is 0.467. The van der Waals surface area contributed by atoms with Crippen LogP contribution in [0.1, 0.15) is 31.3 Å². The third-order valence-electron chi connectivity index (χ3n) is 3.76. The van der Waals surface area contributed by atoms with Gasteiger partial charge in [-0.1, -0.05) is 6.07 Å². The number of sulfonamides is 1. The van der Waals surface area contributed by atoms with Crippen LogP contribution in [0, 0.1) is 0 Å². The smallest absolute Gasteiger partial charge is 0.247 e. The Balaban J connectivity index is 1.89. The second-order valence-corrected chi connectivity index (χ2v) is 7.77. The molecule has 3 rings (SSSR count). The van der Waals surface area contributed by atoms with Gasteiger partial charge in [0.05, 0.1) is 4.90 Å². The third-order valence-corrected chi connectivity index (χ3v) is 5.57. The molecule has 0 aliphatic carbocycles. The molecule has 1 saturated heterocycles. The molecule has 23 heavy (non-hydrogen) atoms. The molecule has 0 N–H and O–H groups in total. The van der Waals surface area contributed by atoms with Crippen LogP contribution in [-0.2, 0) is 14.8 Å². The molecule has 8 heteroatoms. The fourth-order valence-corrected chi connectivity index (χ4v) is 3.37. The Bertz CT molecular complexity index is 780. The summed E-state index contributed by atoms with van der Waals surface area (Å²) in [4.78, 5) is 0.189. The van der Waals surface area contributed by atoms with Crippen molar-refractivity contribution in [2.45, 2.75) is 30.3 Å². The van der Waals surface area contributed by atoms with Crippen LogP contribution in [0.15, 0.2) is 33.6 Å². The number of hydrogen-bond acceptors (Lipinski definition) is 6. The van der Waals surface area contributed by atoms with Crippen LogP contribution in [0.2, 0.25) is 0 Å². The van der Waals surface area contributed by atoms with E-state index in [-0.39, 0.29) is 11.0 Å². The first-order valence-electron chi connectivity index (χ1n) is 7.46. The standard InChI is InChI=1S/C15H19N3O4S/c1-18(2)23(19,20)12-7-5-6-11(10-12)14-16-17-15(22-14)13-8-3-4-9-21-13/h5-7,10,13H,3-4,8-9H2,1-2H3. The van der Waals surface area contributed by atoms with Crippen molar-refractivity contribution >= 4 is 10.0 Å². The number of rotatable bonds is 4. The Morgan fingerprint density at radius 3 is 2.74 bits per heavy atom. The lowest BCUT2D eigenvalue weighted by atomic mass is 10.1. The summed E-state index contributed by atoms with van der Waals surface area (Å²) in [6.45, 7) is 0.693. The predicted octanol–water partition coefficient (Wildman–Crippen LogP) is 2.23. The van der Waals surface area contributed by atoms with Gasteiger partial charge in [0.2, 0.25) is 21.8 Å². The monoisotopic (exact) mass is 337 g/mol. The van der Waals surface area contributed by atoms with Crippen molar-refractivity contribution in [3.8, 4) is 11.5 Å². The maximum atomic E-state index is 12.2. The maximum Gasteiger partial charge on any atom is 0.247 e. The van der Waals surface area contributed by atoms with Crippen molar-refractivity contribution in [2.75, 3.05) is 20.7 Å². The van der Waals surface area contributed by atoms with E-state index in [0.29, 0.717) is 24.0 Å². The van der Waals surface area contributed by atoms with E-state index >= 15 is 0 Å². The molecule has 1 atom stereocenters. The lowest BCUT2D eigenvalue weighted by Crippen LogP contribution is -2.22. The first-order chi connectivity index (χ1) is 11.0. The maximum absolute atomic E-state index is 12.2. The molecular weight excluding hydrogens is 318 g/mol. The zero-order valence-corrected chi connectivity index (χ0v) is 13.9. The molecular formula is C15H19N3O4S. The molecule has 1 unspecified atom stereocenters. The summed E-state index contributed by atoms with van der Waals surface area (Å²) < 4.78 is 36.9. The highest BCUT2D eigenvalue weighted by atomic mass is 32.2. The lowest BCUT2D eigenvalue weighted by Gasteiger charge is -2.18. The summed E-state index contributed by atoms with van der Waals surface area (Å²) in [7, 11) is -0.516. The topological polar surface area (TPSA) is 85.5 Å². The van der Waals surface area contributed by atoms with Crippen LogP contribution in [0.3, 0.4) is 0 Å². The van der Waals surface area contributed by atoms with Gasteiger partial charge in [-0.25, -0.2) is 12.7 Å². The van der Waals surface area contributed by atoms with Gasteiger partial charge in [0, 0.05) is 26.3 Å². The highest BCUT2D eigenvalue weighted by molar-refractivity contribution is 7.89. The third kappa shape index (κ3) is 3.29. The molecule has 124 valence electrons. The molecule has 7 nitrogen and oxygen atoms in total. The molecule has 1 aliphatic rings. The number of ether oxygens (including phenoxy) is 1. The van der Waals surface area contributed by atoms with Gasteiger partial charge in [0.25, 0.3) is 0 Å². The van der Waals surface area contributed by atoms with Crippen LogP contribution in [0.4, 0.5) is 0 Å². The summed E-state index contributed by atoms with van der Waals surface area (Å²) in [5, 5.41) is 8.07. The normalized spacial score (nSPS) is 19.2. The van der Waals surface area contributed by atoms with E-state index in [4.69, 9.17) is 9.15 Å². The van der Waals surface area contributed by atoms with Gasteiger partial charge in [0.1, 0.15) is 6.10 Å². The highest BCUT2D eigenvalue weighted by Crippen LogP contribution is 2.29. The van der Waals surface area contributed by atoms with Gasteiger partial charge in [-0.15, -0.1) is 10.2 Å². The Morgan fingerprint density at radius 2 is 2.04 bits per heavy atom. The predicted molar refractivity (Wildman–Crippen MR) is 83.2 cm³/mol. The first kappa shape index (κ1) is 16.1. The molecule has 1 aromatic carbocycles. The van der Waals surface area contributed by atoms with Crippen molar-refractivity contribution in [3.63, 3.8) is 0 Å². The van der Waals surface area contributed by atoms with E-state index in [1.165, 1.54) is 24.5 Å². The van der Waals surface area contributed by atoms with Crippen LogP contribution in [-0.4, -0.2) is 43.6 Å². The molecule has 0 radical (unpaired) electrons. The molecule has 2 aromatic rings. The largest absolute Gasteiger partial charge is 0.418 e. The van der Waals surface area contributed by atoms with Crippen molar-refractivity contribution in [3.05, 3.63) is 30.2 Å². The van der Waals surface area contributed by atoms with Crippen LogP contribution >= 0.6 is 0 Å². The Kier molecular flexibility index (Phi) is 4.47. The summed E-state index contributed by atoms with van der Waals surface area (Å²) in [6, 6.07) is 6.48. The van der Waals surface area contributed by atoms with Crippen molar-refractivity contribution in [1.82, 2.24) is 14.5 Å². The Morgan fingerprint density at radius 1 is 1.22 bits per heavy atom. The van der Waals surface area contributed by atoms with Crippen LogP contribution < -0.4 is 0 Å². The van der Waals surface area contributed by atoms with Gasteiger partial charge in [-0.05, 0) is 37.5 Å². The number of nitrogens with zero attached hydrogens (tertiary/aromatic N) is 3. The fourth-order valence-electron chi connectivity index (χ4n) is 2.42. The van der Waals surface area contributed by atoms with Crippen LogP contribution in [0.25, 0.3) is 11.5 Å². The quantitative estimate of drug-likeness (QED) is 0.850. The lowest BCUT2D eigenvalue weighted by molar-refractivity contribution is -0.00126. The number of hydrogen-bond donors (Lipinski definition) is 0. The van der Waals surface area contributed by atoms with E-state index in [0.717, 1.165) is 19.3 Å². The molecule has 0 bridgehead atoms. The summed E-state index contributed by atoms with van der Waals surface area (Å²) in [6.07, 6.45) is 2.80.